The Bertz CT molecular complexity index is 2960. The predicted molar refractivity (Wildman–Crippen MR) is 265 cm³/mol. The molecule has 0 spiro atoms. The number of carbonyl (C=O) groups is 1. The SMILES string of the molecule is CCOP(=O)(Nc1ccn([C@H]2C[C@H](OP(=O)(OCCC#N)OC[C@H]3O[C@@H](n4cc(C)c(=O)[nH]c4=O)C[C@@H]3OC(C)=O)[C@@H](COC(c3ccccc3)(c3ccc(OC)cc3)c3ccc(OC)cc3)O2)c(=O)n1)OCC. The summed E-state index contributed by atoms with van der Waals surface area (Å²) >= 11 is 0. The number of esters is 1. The van der Waals surface area contributed by atoms with Gasteiger partial charge >= 0.3 is 32.9 Å². The van der Waals surface area contributed by atoms with Gasteiger partial charge in [0.25, 0.3) is 5.56 Å². The summed E-state index contributed by atoms with van der Waals surface area (Å²) in [5, 5.41) is 12.1. The van der Waals surface area contributed by atoms with E-state index >= 15 is 4.57 Å². The monoisotopic (exact) mass is 1060 g/mol. The highest BCUT2D eigenvalue weighted by Crippen LogP contribution is 2.54. The molecule has 7 atom stereocenters. The molecule has 2 saturated heterocycles. The maximum absolute atomic E-state index is 15.0. The third-order valence-electron chi connectivity index (χ3n) is 11.9. The molecule has 2 fully saturated rings. The minimum Gasteiger partial charge on any atom is -0.497 e. The molecule has 5 aromatic rings. The fraction of sp³-hybridized carbons (Fsp3) is 0.429. The van der Waals surface area contributed by atoms with Crippen LogP contribution in [-0.2, 0) is 61.1 Å². The van der Waals surface area contributed by atoms with Crippen molar-refractivity contribution in [1.82, 2.24) is 19.1 Å². The van der Waals surface area contributed by atoms with Gasteiger partial charge in [-0.05, 0) is 67.8 Å². The first-order valence-electron chi connectivity index (χ1n) is 23.6. The third kappa shape index (κ3) is 13.1. The van der Waals surface area contributed by atoms with Gasteiger partial charge in [0.2, 0.25) is 0 Å². The van der Waals surface area contributed by atoms with Crippen molar-refractivity contribution in [3.63, 3.8) is 0 Å². The molecule has 4 heterocycles. The van der Waals surface area contributed by atoms with E-state index in [2.05, 4.69) is 15.1 Å². The Morgan fingerprint density at radius 1 is 0.811 bits per heavy atom. The molecule has 1 unspecified atom stereocenters. The van der Waals surface area contributed by atoms with E-state index in [0.717, 1.165) is 9.13 Å². The Hall–Kier alpha value is -6.28. The summed E-state index contributed by atoms with van der Waals surface area (Å²) < 4.78 is 95.9. The van der Waals surface area contributed by atoms with E-state index in [4.69, 9.17) is 51.0 Å². The summed E-state index contributed by atoms with van der Waals surface area (Å²) in [6, 6.07) is 27.3. The predicted octanol–water partition coefficient (Wildman–Crippen LogP) is 6.67. The number of nitrogens with zero attached hydrogens (tertiary/aromatic N) is 4. The zero-order valence-corrected chi connectivity index (χ0v) is 43.3. The second-order valence-corrected chi connectivity index (χ2v) is 20.1. The first-order chi connectivity index (χ1) is 35.6. The average molecular weight is 1060 g/mol. The largest absolute Gasteiger partial charge is 0.497 e. The Morgan fingerprint density at radius 3 is 1.96 bits per heavy atom. The van der Waals surface area contributed by atoms with Gasteiger partial charge in [0.1, 0.15) is 59.8 Å². The number of benzene rings is 3. The summed E-state index contributed by atoms with van der Waals surface area (Å²) in [5.74, 6) is 0.384. The Kier molecular flexibility index (Phi) is 18.6. The van der Waals surface area contributed by atoms with Gasteiger partial charge in [0.15, 0.2) is 0 Å². The number of rotatable bonds is 25. The van der Waals surface area contributed by atoms with E-state index in [1.807, 2.05) is 60.7 Å². The van der Waals surface area contributed by atoms with Crippen LogP contribution in [0.25, 0.3) is 0 Å². The highest BCUT2D eigenvalue weighted by Gasteiger charge is 2.48. The normalized spacial score (nSPS) is 20.6. The minimum atomic E-state index is -4.82. The van der Waals surface area contributed by atoms with Gasteiger partial charge in [-0.15, -0.1) is 0 Å². The van der Waals surface area contributed by atoms with Crippen LogP contribution in [0.1, 0.15) is 74.7 Å². The lowest BCUT2D eigenvalue weighted by atomic mass is 9.80. The third-order valence-corrected chi connectivity index (χ3v) is 15.1. The number of phosphoric acid groups is 1. The first-order valence-corrected chi connectivity index (χ1v) is 26.6. The maximum atomic E-state index is 15.0. The highest BCUT2D eigenvalue weighted by molar-refractivity contribution is 7.55. The van der Waals surface area contributed by atoms with Crippen molar-refractivity contribution < 1.29 is 65.0 Å². The first kappa shape index (κ1) is 55.5. The van der Waals surface area contributed by atoms with Crippen LogP contribution in [0.2, 0.25) is 0 Å². The van der Waals surface area contributed by atoms with Gasteiger partial charge < -0.3 is 28.4 Å². The lowest BCUT2D eigenvalue weighted by Crippen LogP contribution is -2.38. The zero-order valence-electron chi connectivity index (χ0n) is 41.5. The summed E-state index contributed by atoms with van der Waals surface area (Å²) in [6.07, 6.45) is -4.69. The Labute approximate surface area is 425 Å². The van der Waals surface area contributed by atoms with E-state index in [-0.39, 0.29) is 50.5 Å². The molecule has 3 aromatic carbocycles. The van der Waals surface area contributed by atoms with E-state index in [1.54, 1.807) is 52.3 Å². The molecule has 2 N–H and O–H groups in total. The molecule has 0 bridgehead atoms. The molecule has 0 amide bonds. The second kappa shape index (κ2) is 24.8. The smallest absolute Gasteiger partial charge is 0.475 e. The number of aromatic nitrogens is 4. The van der Waals surface area contributed by atoms with Crippen molar-refractivity contribution in [3.8, 4) is 17.6 Å². The molecule has 23 nitrogen and oxygen atoms in total. The molecular weight excluding hydrogens is 1010 g/mol. The average Bonchev–Trinajstić information content (AvgIpc) is 3.97. The summed E-state index contributed by atoms with van der Waals surface area (Å²) in [7, 11) is -5.61. The van der Waals surface area contributed by atoms with Crippen LogP contribution >= 0.6 is 15.6 Å². The van der Waals surface area contributed by atoms with Gasteiger partial charge in [-0.1, -0.05) is 54.6 Å². The lowest BCUT2D eigenvalue weighted by molar-refractivity contribution is -0.150. The molecule has 7 rings (SSSR count). The zero-order chi connectivity index (χ0) is 53.0. The molecule has 0 radical (unpaired) electrons. The van der Waals surface area contributed by atoms with E-state index < -0.39 is 94.2 Å². The molecule has 74 heavy (non-hydrogen) atoms. The minimum absolute atomic E-state index is 0.0389. The number of phosphoric ester groups is 1. The molecule has 2 aromatic heterocycles. The second-order valence-electron chi connectivity index (χ2n) is 16.7. The van der Waals surface area contributed by atoms with Gasteiger partial charge in [-0.2, -0.15) is 10.2 Å². The Balaban J connectivity index is 1.26. The number of H-pyrrole nitrogens is 1. The number of hydrogen-bond donors (Lipinski definition) is 2. The van der Waals surface area contributed by atoms with E-state index in [0.29, 0.717) is 28.2 Å². The molecule has 0 saturated carbocycles. The van der Waals surface area contributed by atoms with Crippen LogP contribution in [0, 0.1) is 18.3 Å². The van der Waals surface area contributed by atoms with E-state index in [1.165, 1.54) is 32.3 Å². The number of aromatic amines is 1. The summed E-state index contributed by atoms with van der Waals surface area (Å²) in [4.78, 5) is 57.5. The molecule has 396 valence electrons. The van der Waals surface area contributed by atoms with Crippen molar-refractivity contribution in [1.29, 1.82) is 5.26 Å². The van der Waals surface area contributed by atoms with Crippen LogP contribution in [0.4, 0.5) is 5.82 Å². The van der Waals surface area contributed by atoms with Crippen LogP contribution < -0.4 is 31.5 Å². The summed E-state index contributed by atoms with van der Waals surface area (Å²) in [5.41, 5.74) is -1.34. The number of nitriles is 1. The van der Waals surface area contributed by atoms with Gasteiger partial charge in [0, 0.05) is 37.7 Å². The number of anilines is 1. The molecule has 25 heteroatoms. The number of hydrogen-bond acceptors (Lipinski definition) is 19. The Morgan fingerprint density at radius 2 is 1.39 bits per heavy atom. The van der Waals surface area contributed by atoms with Gasteiger partial charge in [-0.25, -0.2) is 18.7 Å². The number of aryl methyl sites for hydroxylation is 1. The van der Waals surface area contributed by atoms with Crippen molar-refractivity contribution in [2.45, 2.75) is 89.4 Å². The molecular formula is C49H58N6O17P2. The van der Waals surface area contributed by atoms with Gasteiger partial charge in [0.05, 0.1) is 59.7 Å². The number of nitrogens with one attached hydrogen (secondary N) is 2. The standard InChI is InChI=1S/C49H58N6O17P2/c1-7-65-73(60,66-8-2)53-43-23-25-54(47(58)51-43)44-28-40(72-74(61,67-26-12-24-50)68-31-42-39(69-33(4)56)27-45(71-42)55-29-32(3)46(57)52-48(55)59)41(70-44)30-64-49(34-13-10-9-11-14-34,35-15-19-37(62-5)20-16-35)36-17-21-38(63-6)22-18-36/h9-11,13-23,25,29,39-42,44-45H,7-8,12,26-28,30-31H2,1-6H3,(H,52,57,59)(H,51,53,58,60)/t39-,40-,41+,42+,44+,45+,74?/m0/s1. The number of carbonyl (C=O) groups excluding carboxylic acids is 1. The summed E-state index contributed by atoms with van der Waals surface area (Å²) in [6.45, 7) is 4.69. The quantitative estimate of drug-likeness (QED) is 0.0267. The lowest BCUT2D eigenvalue weighted by Gasteiger charge is -2.37. The van der Waals surface area contributed by atoms with Crippen molar-refractivity contribution in [2.24, 2.45) is 0 Å². The van der Waals surface area contributed by atoms with Crippen molar-refractivity contribution >= 4 is 27.4 Å². The van der Waals surface area contributed by atoms with E-state index in [9.17, 15) is 29.0 Å². The molecule has 2 aliphatic heterocycles. The molecule has 0 aliphatic carbocycles. The molecule has 2 aliphatic rings. The topological polar surface area (TPSA) is 278 Å². The van der Waals surface area contributed by atoms with Crippen molar-refractivity contribution in [3.05, 3.63) is 151 Å². The fourth-order valence-electron chi connectivity index (χ4n) is 8.48. The van der Waals surface area contributed by atoms with Crippen LogP contribution in [-0.4, -0.2) is 96.7 Å². The maximum Gasteiger partial charge on any atom is 0.475 e. The fourth-order valence-corrected chi connectivity index (χ4v) is 11.2. The number of ether oxygens (including phenoxy) is 6. The van der Waals surface area contributed by atoms with Crippen LogP contribution in [0.15, 0.2) is 112 Å². The number of methoxy groups -OCH3 is 2. The highest BCUT2D eigenvalue weighted by atomic mass is 31.2. The van der Waals surface area contributed by atoms with Crippen molar-refractivity contribution in [2.75, 3.05) is 52.3 Å². The van der Waals surface area contributed by atoms with Crippen LogP contribution in [0.3, 0.4) is 0 Å². The van der Waals surface area contributed by atoms with Crippen LogP contribution in [0.5, 0.6) is 11.5 Å². The van der Waals surface area contributed by atoms with Gasteiger partial charge in [-0.3, -0.25) is 51.4 Å².